The number of nitriles is 1. The van der Waals surface area contributed by atoms with Gasteiger partial charge in [0, 0.05) is 21.1 Å². The van der Waals surface area contributed by atoms with E-state index in [1.54, 1.807) is 6.07 Å². The first-order chi connectivity index (χ1) is 9.92. The highest BCUT2D eigenvalue weighted by atomic mass is 79.9. The minimum absolute atomic E-state index is 0.0261. The molecule has 106 valence electrons. The van der Waals surface area contributed by atoms with Gasteiger partial charge in [0.2, 0.25) is 0 Å². The van der Waals surface area contributed by atoms with Gasteiger partial charge in [-0.3, -0.25) is 4.79 Å². The quantitative estimate of drug-likeness (QED) is 0.723. The summed E-state index contributed by atoms with van der Waals surface area (Å²) in [6.45, 7) is 0. The molecule has 0 heterocycles. The minimum atomic E-state index is -1.30. The first-order valence-electron chi connectivity index (χ1n) is 5.77. The van der Waals surface area contributed by atoms with Crippen LogP contribution in [0.2, 0.25) is 5.02 Å². The van der Waals surface area contributed by atoms with Gasteiger partial charge >= 0.3 is 0 Å². The maximum Gasteiger partial charge on any atom is 0.185 e. The number of rotatable bonds is 3. The number of halogens is 4. The van der Waals surface area contributed by atoms with Crippen LogP contribution in [-0.4, -0.2) is 5.78 Å². The van der Waals surface area contributed by atoms with Crippen LogP contribution in [-0.2, 0) is 0 Å². The van der Waals surface area contributed by atoms with E-state index in [1.807, 2.05) is 0 Å². The zero-order valence-corrected chi connectivity index (χ0v) is 12.8. The topological polar surface area (TPSA) is 40.9 Å². The number of ketones is 1. The van der Waals surface area contributed by atoms with Crippen LogP contribution in [0.25, 0.3) is 0 Å². The molecule has 0 amide bonds. The molecule has 1 unspecified atom stereocenters. The summed E-state index contributed by atoms with van der Waals surface area (Å²) in [4.78, 5) is 12.4. The van der Waals surface area contributed by atoms with Crippen molar-refractivity contribution >= 4 is 33.3 Å². The highest BCUT2D eigenvalue weighted by Gasteiger charge is 2.24. The van der Waals surface area contributed by atoms with Gasteiger partial charge in [-0.25, -0.2) is 8.78 Å². The smallest absolute Gasteiger partial charge is 0.185 e. The predicted molar refractivity (Wildman–Crippen MR) is 78.2 cm³/mol. The Balaban J connectivity index is 2.46. The van der Waals surface area contributed by atoms with Crippen molar-refractivity contribution in [1.29, 1.82) is 5.26 Å². The van der Waals surface area contributed by atoms with E-state index in [2.05, 4.69) is 15.9 Å². The molecular weight excluding hydrogens is 364 g/mol. The van der Waals surface area contributed by atoms with Gasteiger partial charge in [-0.15, -0.1) is 0 Å². The number of carbonyl (C=O) groups excluding carboxylic acids is 1. The van der Waals surface area contributed by atoms with Crippen molar-refractivity contribution in [2.24, 2.45) is 0 Å². The molecule has 0 aliphatic rings. The summed E-state index contributed by atoms with van der Waals surface area (Å²) in [6, 6.07) is 8.86. The van der Waals surface area contributed by atoms with Gasteiger partial charge in [0.05, 0.1) is 6.07 Å². The summed E-state index contributed by atoms with van der Waals surface area (Å²) in [6.07, 6.45) is 0. The molecule has 2 nitrogen and oxygen atoms in total. The lowest BCUT2D eigenvalue weighted by Gasteiger charge is -2.10. The van der Waals surface area contributed by atoms with E-state index in [1.165, 1.54) is 18.2 Å². The summed E-state index contributed by atoms with van der Waals surface area (Å²) < 4.78 is 26.9. The predicted octanol–water partition coefficient (Wildman–Crippen LogP) is 4.87. The third-order valence-corrected chi connectivity index (χ3v) is 3.70. The molecule has 2 aromatic carbocycles. The highest BCUT2D eigenvalue weighted by Crippen LogP contribution is 2.28. The number of hydrogen-bond acceptors (Lipinski definition) is 2. The highest BCUT2D eigenvalue weighted by molar-refractivity contribution is 9.10. The summed E-state index contributed by atoms with van der Waals surface area (Å²) in [5, 5.41) is 9.60. The van der Waals surface area contributed by atoms with E-state index in [0.717, 1.165) is 12.1 Å². The monoisotopic (exact) mass is 369 g/mol. The van der Waals surface area contributed by atoms with Gasteiger partial charge in [-0.1, -0.05) is 11.6 Å². The molecule has 21 heavy (non-hydrogen) atoms. The van der Waals surface area contributed by atoms with Crippen LogP contribution in [0.4, 0.5) is 8.78 Å². The van der Waals surface area contributed by atoms with E-state index in [0.29, 0.717) is 15.6 Å². The van der Waals surface area contributed by atoms with E-state index in [-0.39, 0.29) is 11.1 Å². The first kappa shape index (κ1) is 15.6. The molecule has 0 aliphatic carbocycles. The van der Waals surface area contributed by atoms with Crippen LogP contribution in [0, 0.1) is 23.0 Å². The standard InChI is InChI=1S/C15H7BrClF2NO/c16-14-5-9(17)1-2-12(14)15(21)13(7-20)8-3-10(18)6-11(19)4-8/h1-6,13H. The van der Waals surface area contributed by atoms with Crippen LogP contribution < -0.4 is 0 Å². The van der Waals surface area contributed by atoms with Gasteiger partial charge in [-0.05, 0) is 51.8 Å². The Morgan fingerprint density at radius 3 is 2.33 bits per heavy atom. The Kier molecular flexibility index (Phi) is 4.71. The van der Waals surface area contributed by atoms with Crippen molar-refractivity contribution in [3.63, 3.8) is 0 Å². The lowest BCUT2D eigenvalue weighted by atomic mass is 9.92. The van der Waals surface area contributed by atoms with Crippen LogP contribution in [0.3, 0.4) is 0 Å². The molecule has 0 aromatic heterocycles. The third kappa shape index (κ3) is 3.46. The molecule has 0 fully saturated rings. The summed E-state index contributed by atoms with van der Waals surface area (Å²) in [5.41, 5.74) is 0.192. The third-order valence-electron chi connectivity index (χ3n) is 2.81. The Bertz CT molecular complexity index is 738. The zero-order chi connectivity index (χ0) is 15.6. The van der Waals surface area contributed by atoms with E-state index in [4.69, 9.17) is 11.6 Å². The van der Waals surface area contributed by atoms with Crippen LogP contribution in [0.1, 0.15) is 21.8 Å². The molecular formula is C15H7BrClF2NO. The Morgan fingerprint density at radius 1 is 1.19 bits per heavy atom. The second-order valence-electron chi connectivity index (χ2n) is 4.25. The normalized spacial score (nSPS) is 11.8. The first-order valence-corrected chi connectivity index (χ1v) is 6.94. The second kappa shape index (κ2) is 6.33. The van der Waals surface area contributed by atoms with Crippen molar-refractivity contribution in [2.75, 3.05) is 0 Å². The minimum Gasteiger partial charge on any atom is -0.292 e. The molecule has 2 rings (SSSR count). The average molecular weight is 371 g/mol. The van der Waals surface area contributed by atoms with Crippen LogP contribution in [0.15, 0.2) is 40.9 Å². The van der Waals surface area contributed by atoms with Gasteiger partial charge in [0.25, 0.3) is 0 Å². The van der Waals surface area contributed by atoms with Gasteiger partial charge < -0.3 is 0 Å². The Morgan fingerprint density at radius 2 is 1.81 bits per heavy atom. The average Bonchev–Trinajstić information content (AvgIpc) is 2.38. The van der Waals surface area contributed by atoms with E-state index >= 15 is 0 Å². The second-order valence-corrected chi connectivity index (χ2v) is 5.54. The number of hydrogen-bond donors (Lipinski definition) is 0. The maximum absolute atomic E-state index is 13.2. The molecule has 0 bridgehead atoms. The number of nitrogens with zero attached hydrogens (tertiary/aromatic N) is 1. The summed E-state index contributed by atoms with van der Waals surface area (Å²) >= 11 is 8.97. The van der Waals surface area contributed by atoms with Crippen molar-refractivity contribution in [3.05, 3.63) is 68.7 Å². The lowest BCUT2D eigenvalue weighted by Crippen LogP contribution is -2.12. The van der Waals surface area contributed by atoms with Gasteiger partial charge in [0.15, 0.2) is 5.78 Å². The lowest BCUT2D eigenvalue weighted by molar-refractivity contribution is 0.0978. The molecule has 0 saturated carbocycles. The molecule has 0 N–H and O–H groups in total. The van der Waals surface area contributed by atoms with Crippen LogP contribution >= 0.6 is 27.5 Å². The molecule has 0 aliphatic heterocycles. The maximum atomic E-state index is 13.2. The Labute approximate surface area is 133 Å². The number of carbonyl (C=O) groups is 1. The van der Waals surface area contributed by atoms with Crippen LogP contribution in [0.5, 0.6) is 0 Å². The summed E-state index contributed by atoms with van der Waals surface area (Å²) in [5.74, 6) is -3.54. The van der Waals surface area contributed by atoms with E-state index < -0.39 is 23.3 Å². The zero-order valence-electron chi connectivity index (χ0n) is 10.4. The molecule has 6 heteroatoms. The molecule has 2 aromatic rings. The van der Waals surface area contributed by atoms with Crippen molar-refractivity contribution in [3.8, 4) is 6.07 Å². The van der Waals surface area contributed by atoms with Crippen molar-refractivity contribution in [1.82, 2.24) is 0 Å². The van der Waals surface area contributed by atoms with Gasteiger partial charge in [-0.2, -0.15) is 5.26 Å². The van der Waals surface area contributed by atoms with E-state index in [9.17, 15) is 18.8 Å². The number of Topliss-reactive ketones (excluding diaryl/α,β-unsaturated/α-hetero) is 1. The SMILES string of the molecule is N#CC(C(=O)c1ccc(Cl)cc1Br)c1cc(F)cc(F)c1. The fourth-order valence-corrected chi connectivity index (χ4v) is 2.75. The van der Waals surface area contributed by atoms with Crippen molar-refractivity contribution < 1.29 is 13.6 Å². The Hall–Kier alpha value is -1.77. The molecule has 1 atom stereocenters. The fourth-order valence-electron chi connectivity index (χ4n) is 1.87. The molecule has 0 spiro atoms. The largest absolute Gasteiger partial charge is 0.292 e. The summed E-state index contributed by atoms with van der Waals surface area (Å²) in [7, 11) is 0. The fraction of sp³-hybridized carbons (Fsp3) is 0.0667. The van der Waals surface area contributed by atoms with Gasteiger partial charge in [0.1, 0.15) is 17.6 Å². The number of benzene rings is 2. The molecule has 0 radical (unpaired) electrons. The van der Waals surface area contributed by atoms with Crippen molar-refractivity contribution in [2.45, 2.75) is 5.92 Å². The molecule has 0 saturated heterocycles.